The Kier molecular flexibility index (Phi) is 3.96. The summed E-state index contributed by atoms with van der Waals surface area (Å²) in [6.07, 6.45) is 4.22. The van der Waals surface area contributed by atoms with Gasteiger partial charge in [0.2, 0.25) is 0 Å². The summed E-state index contributed by atoms with van der Waals surface area (Å²) in [6.45, 7) is 0.703. The van der Waals surface area contributed by atoms with Crippen molar-refractivity contribution in [3.8, 4) is 6.07 Å². The molecule has 0 spiro atoms. The highest BCUT2D eigenvalue weighted by Gasteiger charge is 2.36. The van der Waals surface area contributed by atoms with E-state index in [0.717, 1.165) is 12.1 Å². The van der Waals surface area contributed by atoms with E-state index >= 15 is 0 Å². The minimum Gasteiger partial charge on any atom is -0.386 e. The molecule has 1 N–H and O–H groups in total. The maximum Gasteiger partial charge on any atom is 0.150 e. The highest BCUT2D eigenvalue weighted by molar-refractivity contribution is 5.53. The number of anilines is 1. The quantitative estimate of drug-likeness (QED) is 0.927. The molecule has 2 heterocycles. The van der Waals surface area contributed by atoms with Crippen molar-refractivity contribution in [2.75, 3.05) is 18.0 Å². The molecule has 0 radical (unpaired) electrons. The van der Waals surface area contributed by atoms with Crippen LogP contribution in [0, 0.1) is 23.0 Å². The third kappa shape index (κ3) is 3.14. The SMILES string of the molecule is N#Cc1cc(F)c(N2CCCC(O)(Cn3ccnn3)C2)c(F)c1. The van der Waals surface area contributed by atoms with Gasteiger partial charge >= 0.3 is 0 Å². The number of nitriles is 1. The Morgan fingerprint density at radius 1 is 1.35 bits per heavy atom. The monoisotopic (exact) mass is 319 g/mol. The van der Waals surface area contributed by atoms with E-state index in [0.29, 0.717) is 19.4 Å². The molecule has 1 unspecified atom stereocenters. The number of β-amino-alcohol motifs (C(OH)–C–C–N with tert-alkyl or cyclic N) is 1. The van der Waals surface area contributed by atoms with Crippen molar-refractivity contribution in [2.45, 2.75) is 25.0 Å². The summed E-state index contributed by atoms with van der Waals surface area (Å²) in [6, 6.07) is 3.73. The van der Waals surface area contributed by atoms with Crippen LogP contribution >= 0.6 is 0 Å². The lowest BCUT2D eigenvalue weighted by Crippen LogP contribution is -2.51. The molecule has 120 valence electrons. The number of nitrogens with zero attached hydrogens (tertiary/aromatic N) is 5. The molecule has 1 aromatic heterocycles. The lowest BCUT2D eigenvalue weighted by molar-refractivity contribution is 0.00577. The van der Waals surface area contributed by atoms with E-state index in [-0.39, 0.29) is 24.3 Å². The molecule has 1 aliphatic rings. The predicted molar refractivity (Wildman–Crippen MR) is 77.5 cm³/mol. The molecular formula is C15H15F2N5O. The molecule has 8 heteroatoms. The first-order valence-electron chi connectivity index (χ1n) is 7.21. The van der Waals surface area contributed by atoms with Crippen LogP contribution in [0.1, 0.15) is 18.4 Å². The van der Waals surface area contributed by atoms with E-state index in [1.54, 1.807) is 12.3 Å². The Labute approximate surface area is 131 Å². The number of aromatic nitrogens is 3. The van der Waals surface area contributed by atoms with Crippen molar-refractivity contribution in [1.29, 1.82) is 5.26 Å². The zero-order chi connectivity index (χ0) is 16.4. The van der Waals surface area contributed by atoms with Crippen molar-refractivity contribution in [3.63, 3.8) is 0 Å². The molecule has 2 aromatic rings. The number of aliphatic hydroxyl groups is 1. The molecule has 6 nitrogen and oxygen atoms in total. The van der Waals surface area contributed by atoms with Crippen molar-refractivity contribution in [2.24, 2.45) is 0 Å². The maximum atomic E-state index is 14.2. The summed E-state index contributed by atoms with van der Waals surface area (Å²) in [7, 11) is 0. The fourth-order valence-corrected chi connectivity index (χ4v) is 2.98. The Morgan fingerprint density at radius 3 is 2.70 bits per heavy atom. The summed E-state index contributed by atoms with van der Waals surface area (Å²) in [5, 5.41) is 27.0. The molecule has 1 aliphatic heterocycles. The number of benzene rings is 1. The van der Waals surface area contributed by atoms with E-state index < -0.39 is 17.2 Å². The topological polar surface area (TPSA) is 78.0 Å². The number of hydrogen-bond acceptors (Lipinski definition) is 5. The van der Waals surface area contributed by atoms with Gasteiger partial charge < -0.3 is 10.0 Å². The van der Waals surface area contributed by atoms with Gasteiger partial charge in [-0.25, -0.2) is 13.5 Å². The Hall–Kier alpha value is -2.53. The lowest BCUT2D eigenvalue weighted by atomic mass is 9.92. The molecular weight excluding hydrogens is 304 g/mol. The minimum atomic E-state index is -1.15. The van der Waals surface area contributed by atoms with Crippen molar-refractivity contribution < 1.29 is 13.9 Å². The summed E-state index contributed by atoms with van der Waals surface area (Å²) in [5.74, 6) is -1.60. The molecule has 0 bridgehead atoms. The summed E-state index contributed by atoms with van der Waals surface area (Å²) in [4.78, 5) is 1.48. The van der Waals surface area contributed by atoms with E-state index in [1.165, 1.54) is 15.8 Å². The number of hydrogen-bond donors (Lipinski definition) is 1. The van der Waals surface area contributed by atoms with Gasteiger partial charge in [-0.05, 0) is 25.0 Å². The lowest BCUT2D eigenvalue weighted by Gasteiger charge is -2.40. The Balaban J connectivity index is 1.85. The van der Waals surface area contributed by atoms with E-state index in [1.807, 2.05) is 0 Å². The van der Waals surface area contributed by atoms with Gasteiger partial charge in [0.15, 0.2) is 11.6 Å². The van der Waals surface area contributed by atoms with Gasteiger partial charge in [-0.3, -0.25) is 0 Å². The van der Waals surface area contributed by atoms with Crippen LogP contribution in [0.3, 0.4) is 0 Å². The van der Waals surface area contributed by atoms with Gasteiger partial charge in [0.05, 0.1) is 24.4 Å². The van der Waals surface area contributed by atoms with Crippen LogP contribution in [0.15, 0.2) is 24.5 Å². The maximum absolute atomic E-state index is 14.2. The van der Waals surface area contributed by atoms with Crippen LogP contribution in [-0.2, 0) is 6.54 Å². The Morgan fingerprint density at radius 2 is 2.09 bits per heavy atom. The van der Waals surface area contributed by atoms with Crippen LogP contribution in [-0.4, -0.2) is 38.8 Å². The Bertz CT molecular complexity index is 720. The molecule has 1 atom stereocenters. The van der Waals surface area contributed by atoms with Gasteiger partial charge in [-0.2, -0.15) is 5.26 Å². The highest BCUT2D eigenvalue weighted by atomic mass is 19.1. The smallest absolute Gasteiger partial charge is 0.150 e. The standard InChI is InChI=1S/C15H15F2N5O/c16-12-6-11(8-18)7-13(17)14(12)21-4-1-2-15(23,9-21)10-22-5-3-19-20-22/h3,5-7,23H,1-2,4,9-10H2. The second kappa shape index (κ2) is 5.93. The first-order chi connectivity index (χ1) is 11.0. The molecule has 3 rings (SSSR count). The zero-order valence-corrected chi connectivity index (χ0v) is 12.3. The number of piperidine rings is 1. The van der Waals surface area contributed by atoms with E-state index in [2.05, 4.69) is 10.3 Å². The van der Waals surface area contributed by atoms with Crippen molar-refractivity contribution in [1.82, 2.24) is 15.0 Å². The molecule has 1 aromatic carbocycles. The second-order valence-electron chi connectivity index (χ2n) is 5.75. The summed E-state index contributed by atoms with van der Waals surface area (Å²) in [5.41, 5.74) is -1.43. The fraction of sp³-hybridized carbons (Fsp3) is 0.400. The molecule has 1 saturated heterocycles. The third-order valence-electron chi connectivity index (χ3n) is 3.95. The number of rotatable bonds is 3. The average molecular weight is 319 g/mol. The minimum absolute atomic E-state index is 0.0707. The van der Waals surface area contributed by atoms with Crippen LogP contribution in [0.4, 0.5) is 14.5 Å². The normalized spacial score (nSPS) is 21.2. The zero-order valence-electron chi connectivity index (χ0n) is 12.3. The summed E-state index contributed by atoms with van der Waals surface area (Å²) < 4.78 is 29.8. The van der Waals surface area contributed by atoms with Crippen LogP contribution < -0.4 is 4.90 Å². The van der Waals surface area contributed by atoms with E-state index in [4.69, 9.17) is 5.26 Å². The molecule has 1 fully saturated rings. The van der Waals surface area contributed by atoms with Crippen LogP contribution in [0.25, 0.3) is 0 Å². The largest absolute Gasteiger partial charge is 0.386 e. The van der Waals surface area contributed by atoms with Gasteiger partial charge in [-0.15, -0.1) is 5.10 Å². The second-order valence-corrected chi connectivity index (χ2v) is 5.75. The molecule has 0 aliphatic carbocycles. The third-order valence-corrected chi connectivity index (χ3v) is 3.95. The van der Waals surface area contributed by atoms with Crippen molar-refractivity contribution >= 4 is 5.69 Å². The first kappa shape index (κ1) is 15.4. The fourth-order valence-electron chi connectivity index (χ4n) is 2.98. The predicted octanol–water partition coefficient (Wildman–Crippen LogP) is 1.46. The molecule has 0 saturated carbocycles. The van der Waals surface area contributed by atoms with E-state index in [9.17, 15) is 13.9 Å². The van der Waals surface area contributed by atoms with Crippen LogP contribution in [0.2, 0.25) is 0 Å². The molecule has 0 amide bonds. The van der Waals surface area contributed by atoms with Gasteiger partial charge in [0.1, 0.15) is 11.3 Å². The highest BCUT2D eigenvalue weighted by Crippen LogP contribution is 2.31. The van der Waals surface area contributed by atoms with Gasteiger partial charge in [0.25, 0.3) is 0 Å². The van der Waals surface area contributed by atoms with Crippen LogP contribution in [0.5, 0.6) is 0 Å². The number of halogens is 2. The molecule has 23 heavy (non-hydrogen) atoms. The van der Waals surface area contributed by atoms with Gasteiger partial charge in [0, 0.05) is 19.3 Å². The average Bonchev–Trinajstić information content (AvgIpc) is 2.98. The van der Waals surface area contributed by atoms with Crippen molar-refractivity contribution in [3.05, 3.63) is 41.7 Å². The summed E-state index contributed by atoms with van der Waals surface area (Å²) >= 11 is 0. The first-order valence-corrected chi connectivity index (χ1v) is 7.21. The van der Waals surface area contributed by atoms with Gasteiger partial charge in [-0.1, -0.05) is 5.21 Å².